The highest BCUT2D eigenvalue weighted by atomic mass is 32.2. The molecule has 2 aliphatic heterocycles. The second kappa shape index (κ2) is 10.1. The number of hydrogen-bond donors (Lipinski definition) is 2. The highest BCUT2D eigenvalue weighted by molar-refractivity contribution is 7.85. The van der Waals surface area contributed by atoms with Crippen molar-refractivity contribution in [1.82, 2.24) is 15.3 Å². The molecular weight excluding hydrogens is 455 g/mol. The number of nitriles is 1. The second-order valence-electron chi connectivity index (χ2n) is 8.89. The molecule has 2 atom stereocenters. The third kappa shape index (κ3) is 4.89. The summed E-state index contributed by atoms with van der Waals surface area (Å²) in [6.45, 7) is 3.14. The second-order valence-corrected chi connectivity index (χ2v) is 10.4. The largest absolute Gasteiger partial charge is 0.366 e. The molecule has 1 fully saturated rings. The quantitative estimate of drug-likeness (QED) is 0.622. The molecule has 2 aromatic rings. The van der Waals surface area contributed by atoms with Gasteiger partial charge in [0, 0.05) is 44.8 Å². The molecule has 8 nitrogen and oxygen atoms in total. The Hall–Kier alpha value is -3.06. The number of piperidine rings is 1. The molecule has 0 saturated carbocycles. The lowest BCUT2D eigenvalue weighted by atomic mass is 9.74. The van der Waals surface area contributed by atoms with Crippen molar-refractivity contribution >= 4 is 28.5 Å². The first-order valence-electron chi connectivity index (χ1n) is 11.5. The highest BCUT2D eigenvalue weighted by Crippen LogP contribution is 2.37. The summed E-state index contributed by atoms with van der Waals surface area (Å²) in [5.74, 6) is 1.31. The number of hydrogen-bond acceptors (Lipinski definition) is 7. The van der Waals surface area contributed by atoms with Gasteiger partial charge in [0.15, 0.2) is 0 Å². The van der Waals surface area contributed by atoms with Gasteiger partial charge >= 0.3 is 0 Å². The fraction of sp³-hybridized carbons (Fsp3) is 0.500. The molecule has 2 aliphatic rings. The first-order chi connectivity index (χ1) is 16.3. The Morgan fingerprint density at radius 3 is 2.65 bits per heavy atom. The van der Waals surface area contributed by atoms with Crippen molar-refractivity contribution in [2.75, 3.05) is 36.1 Å². The van der Waals surface area contributed by atoms with E-state index in [-0.39, 0.29) is 17.8 Å². The molecule has 1 saturated heterocycles. The van der Waals surface area contributed by atoms with Crippen LogP contribution in [0.25, 0.3) is 0 Å². The van der Waals surface area contributed by atoms with Crippen molar-refractivity contribution in [3.05, 3.63) is 41.3 Å². The summed E-state index contributed by atoms with van der Waals surface area (Å²) in [6, 6.07) is 8.61. The normalized spacial score (nSPS) is 19.7. The molecule has 10 heteroatoms. The number of benzene rings is 1. The lowest BCUT2D eigenvalue weighted by Crippen LogP contribution is -2.42. The van der Waals surface area contributed by atoms with Gasteiger partial charge in [-0.2, -0.15) is 10.2 Å². The van der Waals surface area contributed by atoms with Crippen LogP contribution in [-0.4, -0.2) is 52.0 Å². The number of anilines is 2. The van der Waals surface area contributed by atoms with Gasteiger partial charge in [-0.3, -0.25) is 9.00 Å². The number of aromatic nitrogens is 2. The highest BCUT2D eigenvalue weighted by Gasteiger charge is 2.38. The number of amides is 1. The van der Waals surface area contributed by atoms with Crippen LogP contribution in [0.4, 0.5) is 16.2 Å². The van der Waals surface area contributed by atoms with Crippen molar-refractivity contribution in [2.24, 2.45) is 0 Å². The smallest absolute Gasteiger partial charge is 0.227 e. The molecule has 1 amide bonds. The fourth-order valence-electron chi connectivity index (χ4n) is 4.52. The van der Waals surface area contributed by atoms with E-state index in [1.54, 1.807) is 19.2 Å². The van der Waals surface area contributed by atoms with E-state index in [0.717, 1.165) is 11.3 Å². The van der Waals surface area contributed by atoms with Gasteiger partial charge in [0.25, 0.3) is 0 Å². The predicted molar refractivity (Wildman–Crippen MR) is 129 cm³/mol. The van der Waals surface area contributed by atoms with Crippen molar-refractivity contribution in [2.45, 2.75) is 55.4 Å². The Bertz CT molecular complexity index is 1130. The van der Waals surface area contributed by atoms with E-state index >= 15 is 0 Å². The standard InChI is InChI=1S/C24H29FN6O2S/c1-16(3-8-20(32)27-2)28-22-21-19(9-14-34(21)33)29-23(30-22)31-12-10-24(15-26,11-13-31)17-4-6-18(25)7-5-17/h4-7,16H,3,8-14H2,1-2H3,(H,27,32)(H,28,29,30)/t16-,34?/m1/s1. The lowest BCUT2D eigenvalue weighted by molar-refractivity contribution is -0.120. The molecule has 3 heterocycles. The molecule has 0 spiro atoms. The lowest BCUT2D eigenvalue weighted by Gasteiger charge is -2.37. The molecule has 2 N–H and O–H groups in total. The molecule has 180 valence electrons. The molecule has 4 rings (SSSR count). The van der Waals surface area contributed by atoms with Crippen LogP contribution in [0.1, 0.15) is 43.9 Å². The van der Waals surface area contributed by atoms with E-state index in [1.807, 2.05) is 6.92 Å². The molecule has 1 unspecified atom stereocenters. The fourth-order valence-corrected chi connectivity index (χ4v) is 5.84. The Balaban J connectivity index is 1.53. The van der Waals surface area contributed by atoms with E-state index in [1.165, 1.54) is 12.1 Å². The number of rotatable bonds is 7. The number of nitrogens with one attached hydrogen (secondary N) is 2. The van der Waals surface area contributed by atoms with E-state index < -0.39 is 16.2 Å². The van der Waals surface area contributed by atoms with Gasteiger partial charge < -0.3 is 15.5 Å². The number of halogens is 1. The van der Waals surface area contributed by atoms with E-state index in [2.05, 4.69) is 21.6 Å². The number of aryl methyl sites for hydroxylation is 1. The van der Waals surface area contributed by atoms with Crippen LogP contribution < -0.4 is 15.5 Å². The Kier molecular flexibility index (Phi) is 7.12. The summed E-state index contributed by atoms with van der Waals surface area (Å²) in [5, 5.41) is 15.9. The molecule has 1 aromatic heterocycles. The average Bonchev–Trinajstić information content (AvgIpc) is 3.23. The van der Waals surface area contributed by atoms with Crippen molar-refractivity contribution in [3.8, 4) is 6.07 Å². The van der Waals surface area contributed by atoms with Crippen LogP contribution in [0.3, 0.4) is 0 Å². The van der Waals surface area contributed by atoms with Crippen LogP contribution in [-0.2, 0) is 27.4 Å². The maximum Gasteiger partial charge on any atom is 0.227 e. The zero-order valence-electron chi connectivity index (χ0n) is 19.4. The zero-order valence-corrected chi connectivity index (χ0v) is 20.3. The van der Waals surface area contributed by atoms with Gasteiger partial charge in [0.2, 0.25) is 11.9 Å². The summed E-state index contributed by atoms with van der Waals surface area (Å²) in [4.78, 5) is 23.8. The Labute approximate surface area is 201 Å². The molecular formula is C24H29FN6O2S. The third-order valence-corrected chi connectivity index (χ3v) is 8.11. The van der Waals surface area contributed by atoms with Crippen LogP contribution in [0, 0.1) is 17.1 Å². The summed E-state index contributed by atoms with van der Waals surface area (Å²) >= 11 is 0. The number of nitrogens with zero attached hydrogens (tertiary/aromatic N) is 4. The molecule has 0 aliphatic carbocycles. The van der Waals surface area contributed by atoms with E-state index in [9.17, 15) is 18.7 Å². The Morgan fingerprint density at radius 2 is 2.00 bits per heavy atom. The summed E-state index contributed by atoms with van der Waals surface area (Å²) in [7, 11) is 0.461. The first kappa shape index (κ1) is 24.1. The summed E-state index contributed by atoms with van der Waals surface area (Å²) in [6.07, 6.45) is 2.79. The Morgan fingerprint density at radius 1 is 1.29 bits per heavy atom. The van der Waals surface area contributed by atoms with E-state index in [0.29, 0.717) is 67.6 Å². The minimum Gasteiger partial charge on any atom is -0.366 e. The van der Waals surface area contributed by atoms with Crippen molar-refractivity contribution < 1.29 is 13.4 Å². The molecule has 0 bridgehead atoms. The van der Waals surface area contributed by atoms with Gasteiger partial charge in [0.05, 0.1) is 28.0 Å². The van der Waals surface area contributed by atoms with Crippen molar-refractivity contribution in [1.29, 1.82) is 5.26 Å². The van der Waals surface area contributed by atoms with Crippen LogP contribution in [0.15, 0.2) is 29.2 Å². The molecule has 0 radical (unpaired) electrons. The molecule has 1 aromatic carbocycles. The van der Waals surface area contributed by atoms with Crippen molar-refractivity contribution in [3.63, 3.8) is 0 Å². The minimum absolute atomic E-state index is 0.0266. The number of carbonyl (C=O) groups excluding carboxylic acids is 1. The van der Waals surface area contributed by atoms with E-state index in [4.69, 9.17) is 9.97 Å². The topological polar surface area (TPSA) is 111 Å². The third-order valence-electron chi connectivity index (χ3n) is 6.65. The average molecular weight is 485 g/mol. The monoisotopic (exact) mass is 484 g/mol. The minimum atomic E-state index is -1.15. The molecule has 34 heavy (non-hydrogen) atoms. The van der Waals surface area contributed by atoms with Gasteiger partial charge in [-0.25, -0.2) is 9.37 Å². The number of fused-ring (bicyclic) bond motifs is 1. The summed E-state index contributed by atoms with van der Waals surface area (Å²) < 4.78 is 26.0. The van der Waals surface area contributed by atoms with Gasteiger partial charge in [-0.1, -0.05) is 12.1 Å². The van der Waals surface area contributed by atoms with Gasteiger partial charge in [-0.05, 0) is 43.9 Å². The zero-order chi connectivity index (χ0) is 24.3. The predicted octanol–water partition coefficient (Wildman–Crippen LogP) is 2.67. The van der Waals surface area contributed by atoms with Crippen LogP contribution in [0.5, 0.6) is 0 Å². The van der Waals surface area contributed by atoms with Gasteiger partial charge in [0.1, 0.15) is 16.5 Å². The van der Waals surface area contributed by atoms with Crippen LogP contribution >= 0.6 is 0 Å². The van der Waals surface area contributed by atoms with Gasteiger partial charge in [-0.15, -0.1) is 0 Å². The summed E-state index contributed by atoms with van der Waals surface area (Å²) in [5.41, 5.74) is 0.950. The maximum atomic E-state index is 13.4. The number of carbonyl (C=O) groups is 1. The SMILES string of the molecule is CNC(=O)CC[C@@H](C)Nc1nc(N2CCC(C#N)(c3ccc(F)cc3)CC2)nc2c1S(=O)CC2. The maximum absolute atomic E-state index is 13.4. The first-order valence-corrected chi connectivity index (χ1v) is 12.9. The van der Waals surface area contributed by atoms with Crippen LogP contribution in [0.2, 0.25) is 0 Å².